The van der Waals surface area contributed by atoms with Gasteiger partial charge in [0.25, 0.3) is 0 Å². The lowest BCUT2D eigenvalue weighted by atomic mass is 9.99. The fourth-order valence-electron chi connectivity index (χ4n) is 4.47. The molecule has 0 bridgehead atoms. The first-order chi connectivity index (χ1) is 18.5. The molecule has 38 heavy (non-hydrogen) atoms. The first kappa shape index (κ1) is 28.8. The van der Waals surface area contributed by atoms with Gasteiger partial charge in [-0.3, -0.25) is 0 Å². The van der Waals surface area contributed by atoms with Gasteiger partial charge in [0, 0.05) is 34.3 Å². The van der Waals surface area contributed by atoms with Gasteiger partial charge in [0.1, 0.15) is 18.0 Å². The molecule has 3 aromatic rings. The van der Waals surface area contributed by atoms with E-state index in [1.165, 1.54) is 0 Å². The van der Waals surface area contributed by atoms with Crippen molar-refractivity contribution in [1.29, 1.82) is 0 Å². The van der Waals surface area contributed by atoms with Crippen molar-refractivity contribution < 1.29 is 8.78 Å². The molecule has 0 aliphatic heterocycles. The molecule has 0 radical (unpaired) electrons. The molecule has 0 saturated heterocycles. The quantitative estimate of drug-likeness (QED) is 0.281. The van der Waals surface area contributed by atoms with Crippen molar-refractivity contribution in [2.24, 2.45) is 0 Å². The second-order valence-corrected chi connectivity index (χ2v) is 8.97. The molecule has 0 spiro atoms. The van der Waals surface area contributed by atoms with Crippen LogP contribution >= 0.6 is 0 Å². The number of hydrogen-bond acceptors (Lipinski definition) is 4. The minimum absolute atomic E-state index is 0.00312. The number of hydrogen-bond donors (Lipinski definition) is 2. The number of rotatable bonds is 10. The van der Waals surface area contributed by atoms with Crippen LogP contribution in [0.1, 0.15) is 76.5 Å². The third-order valence-corrected chi connectivity index (χ3v) is 6.41. The number of para-hydroxylation sites is 1. The Morgan fingerprint density at radius 2 is 1.92 bits per heavy atom. The highest BCUT2D eigenvalue weighted by Crippen LogP contribution is 2.33. The lowest BCUT2D eigenvalue weighted by molar-refractivity contribution is 0.517. The number of anilines is 2. The largest absolute Gasteiger partial charge is 0.363 e. The van der Waals surface area contributed by atoms with E-state index in [0.29, 0.717) is 18.5 Å². The van der Waals surface area contributed by atoms with Crippen LogP contribution in [-0.2, 0) is 0 Å². The summed E-state index contributed by atoms with van der Waals surface area (Å²) in [5, 5.41) is 7.74. The molecule has 200 valence electrons. The SMILES string of the molecule is C=Cc1cccc2c(NC(CCCC)c3cccc(NC(=C)C4=CCCCC(F)=C4F)c3)ncnc12.CC. The second-order valence-electron chi connectivity index (χ2n) is 8.97. The number of aromatic nitrogens is 2. The van der Waals surface area contributed by atoms with E-state index in [1.807, 2.05) is 50.2 Å². The van der Waals surface area contributed by atoms with Gasteiger partial charge in [-0.1, -0.05) is 83.2 Å². The third-order valence-electron chi connectivity index (χ3n) is 6.41. The van der Waals surface area contributed by atoms with Crippen LogP contribution in [-0.4, -0.2) is 9.97 Å². The van der Waals surface area contributed by atoms with Crippen LogP contribution in [0.15, 0.2) is 90.9 Å². The number of halogens is 2. The maximum Gasteiger partial charge on any atom is 0.163 e. The highest BCUT2D eigenvalue weighted by atomic mass is 19.2. The Morgan fingerprint density at radius 1 is 1.13 bits per heavy atom. The van der Waals surface area contributed by atoms with Gasteiger partial charge in [-0.05, 0) is 43.0 Å². The molecule has 1 aliphatic carbocycles. The van der Waals surface area contributed by atoms with Gasteiger partial charge in [-0.25, -0.2) is 18.7 Å². The highest BCUT2D eigenvalue weighted by Gasteiger charge is 2.19. The molecule has 2 aromatic carbocycles. The molecule has 0 fully saturated rings. The molecule has 0 saturated carbocycles. The molecule has 1 unspecified atom stereocenters. The van der Waals surface area contributed by atoms with E-state index in [2.05, 4.69) is 46.7 Å². The zero-order valence-corrected chi connectivity index (χ0v) is 22.7. The Hall–Kier alpha value is -3.80. The van der Waals surface area contributed by atoms with Crippen LogP contribution in [0.5, 0.6) is 0 Å². The average Bonchev–Trinajstić information content (AvgIpc) is 3.12. The molecule has 1 aliphatic rings. The zero-order valence-electron chi connectivity index (χ0n) is 22.7. The summed E-state index contributed by atoms with van der Waals surface area (Å²) >= 11 is 0. The predicted octanol–water partition coefficient (Wildman–Crippen LogP) is 9.83. The maximum atomic E-state index is 14.5. The summed E-state index contributed by atoms with van der Waals surface area (Å²) in [5.41, 5.74) is 4.17. The average molecular weight is 517 g/mol. The minimum Gasteiger partial charge on any atom is -0.363 e. The summed E-state index contributed by atoms with van der Waals surface area (Å²) in [6.45, 7) is 14.0. The van der Waals surface area contributed by atoms with Crippen molar-refractivity contribution in [3.05, 3.63) is 102 Å². The molecular weight excluding hydrogens is 478 g/mol. The number of nitrogens with one attached hydrogen (secondary N) is 2. The number of nitrogens with zero attached hydrogens (tertiary/aromatic N) is 2. The van der Waals surface area contributed by atoms with Crippen molar-refractivity contribution >= 4 is 28.5 Å². The summed E-state index contributed by atoms with van der Waals surface area (Å²) in [6, 6.07) is 13.9. The van der Waals surface area contributed by atoms with Crippen molar-refractivity contribution in [2.45, 2.75) is 65.3 Å². The molecule has 6 heteroatoms. The molecule has 1 atom stereocenters. The van der Waals surface area contributed by atoms with E-state index >= 15 is 0 Å². The third kappa shape index (κ3) is 6.94. The summed E-state index contributed by atoms with van der Waals surface area (Å²) in [6.07, 6.45) is 9.38. The number of allylic oxidation sites excluding steroid dienone is 3. The van der Waals surface area contributed by atoms with E-state index in [9.17, 15) is 8.78 Å². The van der Waals surface area contributed by atoms with Crippen LogP contribution in [0.3, 0.4) is 0 Å². The Bertz CT molecular complexity index is 1330. The number of unbranched alkanes of at least 4 members (excludes halogenated alkanes) is 1. The molecule has 1 aromatic heterocycles. The maximum absolute atomic E-state index is 14.5. The van der Waals surface area contributed by atoms with E-state index in [4.69, 9.17) is 0 Å². The van der Waals surface area contributed by atoms with Crippen LogP contribution in [0.2, 0.25) is 0 Å². The van der Waals surface area contributed by atoms with Crippen molar-refractivity contribution in [3.63, 3.8) is 0 Å². The Kier molecular flexibility index (Phi) is 10.8. The second kappa shape index (κ2) is 14.2. The molecule has 4 nitrogen and oxygen atoms in total. The standard InChI is InChI=1S/C30H32F2N4.C2H6/c1-4-6-17-27(36-30-25-15-10-11-21(5-2)29(25)33-19-34-30)22-12-9-13-23(18-22)35-20(3)24-14-7-8-16-26(31)28(24)32;1-2/h5,9-15,18-19,27,35H,2-4,6-8,16-17H2,1H3,(H,33,34,36);1-2H3. The molecule has 4 rings (SSSR count). The smallest absolute Gasteiger partial charge is 0.163 e. The minimum atomic E-state index is -0.821. The molecule has 1 heterocycles. The van der Waals surface area contributed by atoms with E-state index in [-0.39, 0.29) is 18.0 Å². The van der Waals surface area contributed by atoms with Gasteiger partial charge in [0.2, 0.25) is 0 Å². The van der Waals surface area contributed by atoms with Crippen LogP contribution in [0.4, 0.5) is 20.3 Å². The topological polar surface area (TPSA) is 49.8 Å². The Morgan fingerprint density at radius 3 is 2.68 bits per heavy atom. The first-order valence-corrected chi connectivity index (χ1v) is 13.5. The summed E-state index contributed by atoms with van der Waals surface area (Å²) < 4.78 is 28.5. The van der Waals surface area contributed by atoms with Crippen molar-refractivity contribution in [1.82, 2.24) is 9.97 Å². The van der Waals surface area contributed by atoms with Gasteiger partial charge >= 0.3 is 0 Å². The van der Waals surface area contributed by atoms with E-state index < -0.39 is 11.7 Å². The van der Waals surface area contributed by atoms with E-state index in [0.717, 1.165) is 52.8 Å². The lowest BCUT2D eigenvalue weighted by Gasteiger charge is -2.22. The molecule has 0 amide bonds. The lowest BCUT2D eigenvalue weighted by Crippen LogP contribution is -2.13. The summed E-state index contributed by atoms with van der Waals surface area (Å²) in [5.74, 6) is -0.770. The van der Waals surface area contributed by atoms with Crippen LogP contribution in [0.25, 0.3) is 17.0 Å². The van der Waals surface area contributed by atoms with Gasteiger partial charge in [-0.15, -0.1) is 0 Å². The highest BCUT2D eigenvalue weighted by molar-refractivity contribution is 5.94. The predicted molar refractivity (Wildman–Crippen MR) is 157 cm³/mol. The normalized spacial score (nSPS) is 14.1. The van der Waals surface area contributed by atoms with E-state index in [1.54, 1.807) is 18.5 Å². The Balaban J connectivity index is 0.00000195. The van der Waals surface area contributed by atoms with Gasteiger partial charge < -0.3 is 10.6 Å². The van der Waals surface area contributed by atoms with Gasteiger partial charge in [0.15, 0.2) is 5.83 Å². The first-order valence-electron chi connectivity index (χ1n) is 13.5. The fraction of sp³-hybridized carbons (Fsp3) is 0.312. The monoisotopic (exact) mass is 516 g/mol. The molecule has 2 N–H and O–H groups in total. The fourth-order valence-corrected chi connectivity index (χ4v) is 4.47. The van der Waals surface area contributed by atoms with Crippen LogP contribution in [0, 0.1) is 0 Å². The summed E-state index contributed by atoms with van der Waals surface area (Å²) in [7, 11) is 0. The zero-order chi connectivity index (χ0) is 27.5. The van der Waals surface area contributed by atoms with Crippen LogP contribution < -0.4 is 10.6 Å². The van der Waals surface area contributed by atoms with Crippen molar-refractivity contribution in [3.8, 4) is 0 Å². The van der Waals surface area contributed by atoms with Gasteiger partial charge in [-0.2, -0.15) is 0 Å². The number of fused-ring (bicyclic) bond motifs is 1. The summed E-state index contributed by atoms with van der Waals surface area (Å²) in [4.78, 5) is 8.99. The number of benzene rings is 2. The van der Waals surface area contributed by atoms with Gasteiger partial charge in [0.05, 0.1) is 11.6 Å². The van der Waals surface area contributed by atoms with Crippen molar-refractivity contribution in [2.75, 3.05) is 10.6 Å². The molecular formula is C32H38F2N4. The Labute approximate surface area is 225 Å².